The molecule has 3 N–H and O–H groups in total. The third kappa shape index (κ3) is 3.80. The average molecular weight is 415 g/mol. The van der Waals surface area contributed by atoms with Crippen molar-refractivity contribution in [3.63, 3.8) is 0 Å². The topological polar surface area (TPSA) is 103 Å². The molecule has 3 aromatic heterocycles. The zero-order chi connectivity index (χ0) is 21.2. The highest BCUT2D eigenvalue weighted by Crippen LogP contribution is 2.37. The van der Waals surface area contributed by atoms with Crippen LogP contribution in [0, 0.1) is 17.2 Å². The maximum Gasteiger partial charge on any atom is 0.139 e. The number of hydrogen-bond acceptors (Lipinski definition) is 5. The van der Waals surface area contributed by atoms with Crippen LogP contribution in [0.5, 0.6) is 0 Å². The molecule has 1 aliphatic carbocycles. The molecule has 0 spiro atoms. The smallest absolute Gasteiger partial charge is 0.139 e. The Hall–Kier alpha value is -3.21. The number of hydrogen-bond donors (Lipinski definition) is 3. The normalized spacial score (nSPS) is 20.1. The molecule has 0 saturated heterocycles. The summed E-state index contributed by atoms with van der Waals surface area (Å²) in [5, 5.41) is 23.9. The number of fused-ring (bicyclic) bond motifs is 3. The summed E-state index contributed by atoms with van der Waals surface area (Å²) in [6.07, 6.45) is 7.78. The van der Waals surface area contributed by atoms with Crippen molar-refractivity contribution in [1.29, 1.82) is 5.26 Å². The van der Waals surface area contributed by atoms with E-state index in [2.05, 4.69) is 32.0 Å². The summed E-state index contributed by atoms with van der Waals surface area (Å²) in [6, 6.07) is 14.3. The van der Waals surface area contributed by atoms with E-state index >= 15 is 0 Å². The summed E-state index contributed by atoms with van der Waals surface area (Å²) in [7, 11) is 0. The van der Waals surface area contributed by atoms with Crippen LogP contribution >= 0.6 is 0 Å². The number of aliphatic hydroxyl groups is 1. The molecule has 31 heavy (non-hydrogen) atoms. The number of nitriles is 1. The Bertz CT molecular complexity index is 1210. The lowest BCUT2D eigenvalue weighted by Crippen LogP contribution is -2.25. The van der Waals surface area contributed by atoms with E-state index in [1.165, 1.54) is 0 Å². The van der Waals surface area contributed by atoms with Crippen molar-refractivity contribution in [2.75, 3.05) is 0 Å². The lowest BCUT2D eigenvalue weighted by molar-refractivity contribution is 0.135. The number of nitrogens with zero attached hydrogens (tertiary/aromatic N) is 4. The Kier molecular flexibility index (Phi) is 5.41. The van der Waals surface area contributed by atoms with Gasteiger partial charge in [-0.3, -0.25) is 5.32 Å². The van der Waals surface area contributed by atoms with Crippen LogP contribution in [0.4, 0.5) is 0 Å². The van der Waals surface area contributed by atoms with Crippen LogP contribution in [-0.2, 0) is 6.54 Å². The van der Waals surface area contributed by atoms with E-state index in [-0.39, 0.29) is 0 Å². The van der Waals surface area contributed by atoms with Gasteiger partial charge in [-0.25, -0.2) is 9.97 Å². The van der Waals surface area contributed by atoms with Crippen LogP contribution < -0.4 is 5.32 Å². The standard InChI is InChI=1S/C24H26N6O/c25-12-10-16-6-8-18(9-7-16)30-21(15-28-24(31)17-4-2-1-3-5-17)29-20-14-27-23-19(22(20)30)11-13-26-23/h1-5,11,13-14,16,18,24,28,31H,6-10,15H2,(H,26,27)/t16-,18-,24-/m1/s1. The zero-order valence-corrected chi connectivity index (χ0v) is 17.3. The number of imidazole rings is 1. The highest BCUT2D eigenvalue weighted by molar-refractivity contribution is 6.01. The van der Waals surface area contributed by atoms with Crippen molar-refractivity contribution >= 4 is 22.1 Å². The summed E-state index contributed by atoms with van der Waals surface area (Å²) < 4.78 is 2.35. The molecular weight excluding hydrogens is 388 g/mol. The van der Waals surface area contributed by atoms with Gasteiger partial charge < -0.3 is 14.7 Å². The fourth-order valence-corrected chi connectivity index (χ4v) is 4.84. The molecule has 7 heteroatoms. The number of aromatic amines is 1. The van der Waals surface area contributed by atoms with Crippen molar-refractivity contribution in [3.05, 3.63) is 60.2 Å². The molecule has 1 saturated carbocycles. The third-order valence-electron chi connectivity index (χ3n) is 6.44. The van der Waals surface area contributed by atoms with Gasteiger partial charge in [0.15, 0.2) is 0 Å². The summed E-state index contributed by atoms with van der Waals surface area (Å²) >= 11 is 0. The van der Waals surface area contributed by atoms with Crippen molar-refractivity contribution < 1.29 is 5.11 Å². The number of aromatic nitrogens is 4. The Labute approximate surface area is 180 Å². The van der Waals surface area contributed by atoms with Crippen molar-refractivity contribution in [1.82, 2.24) is 24.8 Å². The minimum absolute atomic E-state index is 0.325. The maximum atomic E-state index is 10.6. The van der Waals surface area contributed by atoms with E-state index in [0.29, 0.717) is 24.9 Å². The molecule has 1 atom stereocenters. The second kappa shape index (κ2) is 8.50. The van der Waals surface area contributed by atoms with Crippen molar-refractivity contribution in [2.24, 2.45) is 5.92 Å². The van der Waals surface area contributed by atoms with Crippen LogP contribution in [0.25, 0.3) is 22.1 Å². The van der Waals surface area contributed by atoms with Gasteiger partial charge in [-0.05, 0) is 43.2 Å². The molecule has 1 fully saturated rings. The number of pyridine rings is 1. The Morgan fingerprint density at radius 3 is 2.77 bits per heavy atom. The zero-order valence-electron chi connectivity index (χ0n) is 17.3. The predicted octanol–water partition coefficient (Wildman–Crippen LogP) is 4.34. The maximum absolute atomic E-state index is 10.6. The highest BCUT2D eigenvalue weighted by Gasteiger charge is 2.27. The molecule has 158 valence electrons. The Balaban J connectivity index is 1.49. The number of aliphatic hydroxyl groups excluding tert-OH is 1. The van der Waals surface area contributed by atoms with Gasteiger partial charge in [0.25, 0.3) is 0 Å². The van der Waals surface area contributed by atoms with Gasteiger partial charge in [0.2, 0.25) is 0 Å². The molecule has 0 radical (unpaired) electrons. The minimum Gasteiger partial charge on any atom is -0.374 e. The largest absolute Gasteiger partial charge is 0.374 e. The lowest BCUT2D eigenvalue weighted by atomic mass is 9.84. The lowest BCUT2D eigenvalue weighted by Gasteiger charge is -2.30. The average Bonchev–Trinajstić information content (AvgIpc) is 3.43. The van der Waals surface area contributed by atoms with Gasteiger partial charge in [0.1, 0.15) is 23.2 Å². The van der Waals surface area contributed by atoms with Gasteiger partial charge in [-0.1, -0.05) is 30.3 Å². The molecule has 7 nitrogen and oxygen atoms in total. The summed E-state index contributed by atoms with van der Waals surface area (Å²) in [4.78, 5) is 12.6. The quantitative estimate of drug-likeness (QED) is 0.407. The molecule has 0 unspecified atom stereocenters. The molecule has 0 amide bonds. The molecule has 1 aliphatic rings. The summed E-state index contributed by atoms with van der Waals surface area (Å²) in [5.41, 5.74) is 3.66. The van der Waals surface area contributed by atoms with E-state index in [0.717, 1.165) is 59.1 Å². The Morgan fingerprint density at radius 2 is 2.00 bits per heavy atom. The summed E-state index contributed by atoms with van der Waals surface area (Å²) in [5.74, 6) is 1.40. The van der Waals surface area contributed by atoms with E-state index in [1.54, 1.807) is 0 Å². The van der Waals surface area contributed by atoms with Crippen LogP contribution in [0.3, 0.4) is 0 Å². The van der Waals surface area contributed by atoms with Gasteiger partial charge >= 0.3 is 0 Å². The van der Waals surface area contributed by atoms with E-state index in [4.69, 9.17) is 10.2 Å². The van der Waals surface area contributed by atoms with E-state index in [1.807, 2.05) is 42.7 Å². The second-order valence-corrected chi connectivity index (χ2v) is 8.36. The number of rotatable bonds is 6. The van der Waals surface area contributed by atoms with Crippen molar-refractivity contribution in [3.8, 4) is 6.07 Å². The molecule has 1 aromatic carbocycles. The van der Waals surface area contributed by atoms with Gasteiger partial charge in [-0.15, -0.1) is 0 Å². The third-order valence-corrected chi connectivity index (χ3v) is 6.44. The predicted molar refractivity (Wildman–Crippen MR) is 119 cm³/mol. The molecule has 3 heterocycles. The van der Waals surface area contributed by atoms with E-state index in [9.17, 15) is 5.11 Å². The molecule has 5 rings (SSSR count). The van der Waals surface area contributed by atoms with Crippen molar-refractivity contribution in [2.45, 2.75) is 50.9 Å². The number of benzene rings is 1. The van der Waals surface area contributed by atoms with Crippen LogP contribution in [0.15, 0.2) is 48.8 Å². The van der Waals surface area contributed by atoms with Gasteiger partial charge in [-0.2, -0.15) is 5.26 Å². The fourth-order valence-electron chi connectivity index (χ4n) is 4.84. The number of H-pyrrole nitrogens is 1. The first kappa shape index (κ1) is 19.7. The molecular formula is C24H26N6O. The monoisotopic (exact) mass is 414 g/mol. The van der Waals surface area contributed by atoms with E-state index < -0.39 is 6.23 Å². The van der Waals surface area contributed by atoms with Crippen LogP contribution in [0.2, 0.25) is 0 Å². The van der Waals surface area contributed by atoms with Crippen LogP contribution in [-0.4, -0.2) is 24.6 Å². The molecule has 0 aliphatic heterocycles. The SMILES string of the molecule is N#CC[C@H]1CC[C@H](n2c(CN[C@H](O)c3ccccc3)nc3cnc4[nH]ccc4c32)CC1. The second-order valence-electron chi connectivity index (χ2n) is 8.36. The first-order chi connectivity index (χ1) is 15.2. The minimum atomic E-state index is -0.758. The molecule has 0 bridgehead atoms. The molecule has 4 aromatic rings. The van der Waals surface area contributed by atoms with Gasteiger partial charge in [0, 0.05) is 24.0 Å². The summed E-state index contributed by atoms with van der Waals surface area (Å²) in [6.45, 7) is 0.453. The highest BCUT2D eigenvalue weighted by atomic mass is 16.3. The fraction of sp³-hybridized carbons (Fsp3) is 0.375. The van der Waals surface area contributed by atoms with Gasteiger partial charge in [0.05, 0.1) is 24.3 Å². The first-order valence-corrected chi connectivity index (χ1v) is 10.9. The van der Waals surface area contributed by atoms with Crippen LogP contribution in [0.1, 0.15) is 55.8 Å². The Morgan fingerprint density at radius 1 is 1.19 bits per heavy atom. The first-order valence-electron chi connectivity index (χ1n) is 10.9. The number of nitrogens with one attached hydrogen (secondary N) is 2.